The topological polar surface area (TPSA) is 54.5 Å². The predicted molar refractivity (Wildman–Crippen MR) is 73.4 cm³/mol. The number of hydrogen-bond donors (Lipinski definition) is 0. The highest BCUT2D eigenvalue weighted by Gasteiger charge is 2.12. The van der Waals surface area contributed by atoms with Gasteiger partial charge in [0.2, 0.25) is 0 Å². The molecule has 4 nitrogen and oxygen atoms in total. The minimum Gasteiger partial charge on any atom is -0.323 e. The Bertz CT molecular complexity index is 766. The van der Waals surface area contributed by atoms with Crippen molar-refractivity contribution in [3.05, 3.63) is 48.2 Å². The molecule has 0 aliphatic heterocycles. The van der Waals surface area contributed by atoms with Gasteiger partial charge in [0.25, 0.3) is 0 Å². The largest absolute Gasteiger partial charge is 0.323 e. The molecule has 0 radical (unpaired) electrons. The third-order valence-electron chi connectivity index (χ3n) is 3.09. The molecule has 0 N–H and O–H groups in total. The Hall–Kier alpha value is -2.67. The van der Waals surface area contributed by atoms with Gasteiger partial charge >= 0.3 is 0 Å². The van der Waals surface area contributed by atoms with Crippen LogP contribution in [-0.4, -0.2) is 14.5 Å². The maximum Gasteiger partial charge on any atom is 0.159 e. The van der Waals surface area contributed by atoms with Crippen LogP contribution in [0.1, 0.15) is 12.5 Å². The number of benzene rings is 1. The average molecular weight is 248 g/mol. The van der Waals surface area contributed by atoms with Crippen molar-refractivity contribution in [1.82, 2.24) is 14.5 Å². The zero-order valence-corrected chi connectivity index (χ0v) is 10.5. The van der Waals surface area contributed by atoms with Crippen molar-refractivity contribution in [2.45, 2.75) is 13.5 Å². The van der Waals surface area contributed by atoms with E-state index in [4.69, 9.17) is 5.26 Å². The molecule has 0 aliphatic carbocycles. The molecular formula is C15H12N4. The molecule has 0 aliphatic rings. The van der Waals surface area contributed by atoms with Crippen LogP contribution in [0.2, 0.25) is 0 Å². The van der Waals surface area contributed by atoms with E-state index in [1.54, 1.807) is 6.20 Å². The smallest absolute Gasteiger partial charge is 0.159 e. The lowest BCUT2D eigenvalue weighted by Crippen LogP contribution is -1.98. The van der Waals surface area contributed by atoms with Crippen LogP contribution in [0.25, 0.3) is 22.6 Å². The Morgan fingerprint density at radius 2 is 2.16 bits per heavy atom. The van der Waals surface area contributed by atoms with E-state index in [0.717, 1.165) is 29.1 Å². The monoisotopic (exact) mass is 248 g/mol. The Labute approximate surface area is 111 Å². The molecule has 0 saturated heterocycles. The molecule has 0 atom stereocenters. The summed E-state index contributed by atoms with van der Waals surface area (Å²) in [7, 11) is 0. The van der Waals surface area contributed by atoms with Gasteiger partial charge in [-0.05, 0) is 37.3 Å². The zero-order valence-electron chi connectivity index (χ0n) is 10.5. The fourth-order valence-electron chi connectivity index (χ4n) is 2.21. The Kier molecular flexibility index (Phi) is 2.73. The summed E-state index contributed by atoms with van der Waals surface area (Å²) in [4.78, 5) is 8.96. The Morgan fingerprint density at radius 3 is 2.84 bits per heavy atom. The second-order valence-corrected chi connectivity index (χ2v) is 4.21. The van der Waals surface area contributed by atoms with Crippen LogP contribution in [0.4, 0.5) is 0 Å². The fraction of sp³-hybridized carbons (Fsp3) is 0.133. The molecule has 0 fully saturated rings. The molecule has 3 rings (SSSR count). The van der Waals surface area contributed by atoms with E-state index in [-0.39, 0.29) is 0 Å². The lowest BCUT2D eigenvalue weighted by molar-refractivity contribution is 0.793. The van der Waals surface area contributed by atoms with Crippen LogP contribution in [0.15, 0.2) is 42.6 Å². The number of fused-ring (bicyclic) bond motifs is 1. The average Bonchev–Trinajstić information content (AvgIpc) is 2.85. The van der Waals surface area contributed by atoms with Crippen molar-refractivity contribution in [2.75, 3.05) is 0 Å². The maximum atomic E-state index is 8.95. The highest BCUT2D eigenvalue weighted by Crippen LogP contribution is 2.23. The molecule has 0 unspecified atom stereocenters. The van der Waals surface area contributed by atoms with Gasteiger partial charge in [-0.3, -0.25) is 4.98 Å². The molecule has 1 aromatic carbocycles. The standard InChI is InChI=1S/C15H12N4/c1-2-19-14-7-6-11(10-16)9-13(14)18-15(19)12-5-3-4-8-17-12/h3-9H,2H2,1H3. The number of aromatic nitrogens is 3. The summed E-state index contributed by atoms with van der Waals surface area (Å²) in [6.45, 7) is 2.89. The van der Waals surface area contributed by atoms with Crippen LogP contribution in [-0.2, 0) is 6.54 Å². The lowest BCUT2D eigenvalue weighted by atomic mass is 10.2. The first-order valence-electron chi connectivity index (χ1n) is 6.15. The molecule has 3 aromatic rings. The molecule has 92 valence electrons. The van der Waals surface area contributed by atoms with Gasteiger partial charge in [0.05, 0.1) is 22.7 Å². The molecule has 19 heavy (non-hydrogen) atoms. The van der Waals surface area contributed by atoms with E-state index < -0.39 is 0 Å². The lowest BCUT2D eigenvalue weighted by Gasteiger charge is -2.04. The normalized spacial score (nSPS) is 10.5. The highest BCUT2D eigenvalue weighted by molar-refractivity contribution is 5.81. The summed E-state index contributed by atoms with van der Waals surface area (Å²) in [6.07, 6.45) is 1.76. The van der Waals surface area contributed by atoms with Crippen molar-refractivity contribution >= 4 is 11.0 Å². The van der Waals surface area contributed by atoms with Crippen LogP contribution in [0.3, 0.4) is 0 Å². The van der Waals surface area contributed by atoms with E-state index in [2.05, 4.69) is 27.5 Å². The van der Waals surface area contributed by atoms with Gasteiger partial charge in [0.1, 0.15) is 5.69 Å². The second kappa shape index (κ2) is 4.54. The molecule has 4 heteroatoms. The maximum absolute atomic E-state index is 8.95. The van der Waals surface area contributed by atoms with Crippen molar-refractivity contribution in [1.29, 1.82) is 5.26 Å². The van der Waals surface area contributed by atoms with Crippen LogP contribution >= 0.6 is 0 Å². The number of nitriles is 1. The molecular weight excluding hydrogens is 236 g/mol. The summed E-state index contributed by atoms with van der Waals surface area (Å²) < 4.78 is 2.11. The van der Waals surface area contributed by atoms with E-state index in [0.29, 0.717) is 5.56 Å². The molecule has 0 bridgehead atoms. The first kappa shape index (κ1) is 11.4. The third-order valence-corrected chi connectivity index (χ3v) is 3.09. The highest BCUT2D eigenvalue weighted by atomic mass is 15.1. The number of aryl methyl sites for hydroxylation is 1. The summed E-state index contributed by atoms with van der Waals surface area (Å²) >= 11 is 0. The molecule has 0 saturated carbocycles. The SMILES string of the molecule is CCn1c(-c2ccccn2)nc2cc(C#N)ccc21. The summed E-state index contributed by atoms with van der Waals surface area (Å²) in [6, 6.07) is 13.5. The van der Waals surface area contributed by atoms with Crippen LogP contribution < -0.4 is 0 Å². The minimum atomic E-state index is 0.626. The minimum absolute atomic E-state index is 0.626. The zero-order chi connectivity index (χ0) is 13.2. The van der Waals surface area contributed by atoms with E-state index in [1.165, 1.54) is 0 Å². The van der Waals surface area contributed by atoms with Gasteiger partial charge in [-0.1, -0.05) is 6.07 Å². The van der Waals surface area contributed by atoms with Crippen LogP contribution in [0, 0.1) is 11.3 Å². The second-order valence-electron chi connectivity index (χ2n) is 4.21. The quantitative estimate of drug-likeness (QED) is 0.700. The Balaban J connectivity index is 2.28. The molecule has 0 amide bonds. The van der Waals surface area contributed by atoms with E-state index in [9.17, 15) is 0 Å². The van der Waals surface area contributed by atoms with Gasteiger partial charge in [-0.2, -0.15) is 5.26 Å². The predicted octanol–water partition coefficient (Wildman–Crippen LogP) is 2.99. The van der Waals surface area contributed by atoms with E-state index in [1.807, 2.05) is 36.4 Å². The summed E-state index contributed by atoms with van der Waals surface area (Å²) in [5.41, 5.74) is 3.34. The summed E-state index contributed by atoms with van der Waals surface area (Å²) in [5.74, 6) is 0.841. The van der Waals surface area contributed by atoms with Gasteiger partial charge < -0.3 is 4.57 Å². The van der Waals surface area contributed by atoms with Gasteiger partial charge in [-0.15, -0.1) is 0 Å². The van der Waals surface area contributed by atoms with Crippen molar-refractivity contribution in [3.8, 4) is 17.6 Å². The van der Waals surface area contributed by atoms with Gasteiger partial charge in [0.15, 0.2) is 5.82 Å². The van der Waals surface area contributed by atoms with Crippen molar-refractivity contribution in [3.63, 3.8) is 0 Å². The fourth-order valence-corrected chi connectivity index (χ4v) is 2.21. The number of nitrogens with zero attached hydrogens (tertiary/aromatic N) is 4. The third kappa shape index (κ3) is 1.85. The Morgan fingerprint density at radius 1 is 1.26 bits per heavy atom. The number of rotatable bonds is 2. The van der Waals surface area contributed by atoms with E-state index >= 15 is 0 Å². The molecule has 2 heterocycles. The van der Waals surface area contributed by atoms with Gasteiger partial charge in [-0.25, -0.2) is 4.98 Å². The molecule has 2 aromatic heterocycles. The molecule has 0 spiro atoms. The number of pyridine rings is 1. The number of hydrogen-bond acceptors (Lipinski definition) is 3. The van der Waals surface area contributed by atoms with Crippen LogP contribution in [0.5, 0.6) is 0 Å². The van der Waals surface area contributed by atoms with Crippen molar-refractivity contribution in [2.24, 2.45) is 0 Å². The van der Waals surface area contributed by atoms with Crippen molar-refractivity contribution < 1.29 is 0 Å². The first-order valence-corrected chi connectivity index (χ1v) is 6.15. The first-order chi connectivity index (χ1) is 9.33. The van der Waals surface area contributed by atoms with Gasteiger partial charge in [0, 0.05) is 12.7 Å². The number of imidazole rings is 1. The summed E-state index contributed by atoms with van der Waals surface area (Å²) in [5, 5.41) is 8.95.